The average Bonchev–Trinajstić information content (AvgIpc) is 3.10. The number of nitrogens with one attached hydrogen (secondary N) is 1. The number of hydrogen-bond acceptors (Lipinski definition) is 3. The Labute approximate surface area is 105 Å². The van der Waals surface area contributed by atoms with Crippen molar-refractivity contribution in [2.45, 2.75) is 23.8 Å². The van der Waals surface area contributed by atoms with Gasteiger partial charge in [-0.25, -0.2) is 17.5 Å². The quantitative estimate of drug-likeness (QED) is 0.788. The summed E-state index contributed by atoms with van der Waals surface area (Å²) in [5, 5.41) is 0. The lowest BCUT2D eigenvalue weighted by Gasteiger charge is -2.05. The van der Waals surface area contributed by atoms with E-state index in [1.165, 1.54) is 12.1 Å². The Morgan fingerprint density at radius 3 is 2.72 bits per heavy atom. The molecule has 1 saturated carbocycles. The second-order valence-corrected chi connectivity index (χ2v) is 5.76. The maximum atomic E-state index is 13.6. The minimum atomic E-state index is -3.62. The molecule has 18 heavy (non-hydrogen) atoms. The van der Waals surface area contributed by atoms with Gasteiger partial charge in [0.1, 0.15) is 5.82 Å². The number of rotatable bonds is 3. The van der Waals surface area contributed by atoms with Crippen molar-refractivity contribution in [3.05, 3.63) is 29.6 Å². The molecular formula is C12H13FN2O2S. The van der Waals surface area contributed by atoms with Crippen LogP contribution in [0.2, 0.25) is 0 Å². The molecule has 0 heterocycles. The van der Waals surface area contributed by atoms with E-state index < -0.39 is 15.8 Å². The van der Waals surface area contributed by atoms with Crippen LogP contribution in [0.1, 0.15) is 18.4 Å². The second-order valence-electron chi connectivity index (χ2n) is 4.04. The van der Waals surface area contributed by atoms with Gasteiger partial charge >= 0.3 is 0 Å². The van der Waals surface area contributed by atoms with Gasteiger partial charge in [0.05, 0.1) is 17.0 Å². The molecule has 6 heteroatoms. The van der Waals surface area contributed by atoms with E-state index in [0.29, 0.717) is 0 Å². The van der Waals surface area contributed by atoms with Gasteiger partial charge in [-0.15, -0.1) is 0 Å². The molecular weight excluding hydrogens is 255 g/mol. The monoisotopic (exact) mass is 268 g/mol. The summed E-state index contributed by atoms with van der Waals surface area (Å²) in [7, 11) is -3.62. The highest BCUT2D eigenvalue weighted by atomic mass is 32.2. The zero-order valence-electron chi connectivity index (χ0n) is 9.61. The molecule has 1 aromatic carbocycles. The third-order valence-corrected chi connectivity index (χ3v) is 3.99. The largest absolute Gasteiger partial charge is 0.320 e. The molecule has 2 rings (SSSR count). The summed E-state index contributed by atoms with van der Waals surface area (Å²) in [5.41, 5.74) is 5.33. The van der Waals surface area contributed by atoms with Crippen LogP contribution in [0.25, 0.3) is 0 Å². The number of nitrogens with two attached hydrogens (primary N) is 1. The van der Waals surface area contributed by atoms with Crippen LogP contribution >= 0.6 is 0 Å². The van der Waals surface area contributed by atoms with Crippen molar-refractivity contribution < 1.29 is 12.8 Å². The predicted octanol–water partition coefficient (Wildman–Crippen LogP) is 0.577. The summed E-state index contributed by atoms with van der Waals surface area (Å²) >= 11 is 0. The zero-order chi connectivity index (χ0) is 13.2. The molecule has 96 valence electrons. The molecule has 0 saturated heterocycles. The molecule has 0 spiro atoms. The van der Waals surface area contributed by atoms with Crippen LogP contribution in [0.4, 0.5) is 4.39 Å². The second kappa shape index (κ2) is 5.06. The molecule has 0 aliphatic heterocycles. The Bertz CT molecular complexity index is 613. The normalized spacial score (nSPS) is 15.0. The third-order valence-electron chi connectivity index (χ3n) is 2.48. The summed E-state index contributed by atoms with van der Waals surface area (Å²) in [4.78, 5) is -0.0785. The lowest BCUT2D eigenvalue weighted by atomic mass is 10.2. The first-order valence-corrected chi connectivity index (χ1v) is 7.02. The van der Waals surface area contributed by atoms with Crippen LogP contribution < -0.4 is 10.5 Å². The summed E-state index contributed by atoms with van der Waals surface area (Å²) in [6, 6.07) is 3.66. The van der Waals surface area contributed by atoms with E-state index >= 15 is 0 Å². The molecule has 0 aromatic heterocycles. The topological polar surface area (TPSA) is 72.2 Å². The van der Waals surface area contributed by atoms with Crippen LogP contribution in [0.3, 0.4) is 0 Å². The number of sulfonamides is 1. The Morgan fingerprint density at radius 1 is 1.44 bits per heavy atom. The van der Waals surface area contributed by atoms with Crippen molar-refractivity contribution in [2.24, 2.45) is 5.73 Å². The molecule has 1 aromatic rings. The van der Waals surface area contributed by atoms with Crippen molar-refractivity contribution >= 4 is 10.0 Å². The van der Waals surface area contributed by atoms with E-state index in [2.05, 4.69) is 16.6 Å². The molecule has 1 aliphatic rings. The maximum Gasteiger partial charge on any atom is 0.240 e. The van der Waals surface area contributed by atoms with E-state index in [4.69, 9.17) is 5.73 Å². The molecule has 0 atom stereocenters. The molecule has 1 fully saturated rings. The molecule has 1 aliphatic carbocycles. The van der Waals surface area contributed by atoms with Crippen LogP contribution in [-0.4, -0.2) is 21.0 Å². The van der Waals surface area contributed by atoms with Gasteiger partial charge in [-0.05, 0) is 31.0 Å². The van der Waals surface area contributed by atoms with Gasteiger partial charge in [-0.2, -0.15) is 0 Å². The van der Waals surface area contributed by atoms with Gasteiger partial charge in [-0.1, -0.05) is 11.8 Å². The fourth-order valence-corrected chi connectivity index (χ4v) is 2.72. The molecule has 0 amide bonds. The zero-order valence-corrected chi connectivity index (χ0v) is 10.4. The summed E-state index contributed by atoms with van der Waals surface area (Å²) in [6.45, 7) is 0.128. The third kappa shape index (κ3) is 3.07. The molecule has 0 unspecified atom stereocenters. The standard InChI is InChI=1S/C12H13FN2O2S/c13-12-8-11(6-3-9(12)2-1-7-14)18(16,17)15-10-4-5-10/h3,6,8,10,15H,4-5,7,14H2. The Hall–Kier alpha value is -1.42. The minimum absolute atomic E-state index is 0.00484. The molecule has 0 radical (unpaired) electrons. The van der Waals surface area contributed by atoms with E-state index in [1.54, 1.807) is 0 Å². The van der Waals surface area contributed by atoms with Gasteiger partial charge in [0.15, 0.2) is 0 Å². The Morgan fingerprint density at radius 2 is 2.17 bits per heavy atom. The first kappa shape index (κ1) is 13.0. The van der Waals surface area contributed by atoms with Crippen LogP contribution in [0, 0.1) is 17.7 Å². The van der Waals surface area contributed by atoms with Crippen LogP contribution in [0.5, 0.6) is 0 Å². The highest BCUT2D eigenvalue weighted by Crippen LogP contribution is 2.22. The van der Waals surface area contributed by atoms with Gasteiger partial charge in [0.25, 0.3) is 0 Å². The van der Waals surface area contributed by atoms with E-state index in [1.807, 2.05) is 0 Å². The fourth-order valence-electron chi connectivity index (χ4n) is 1.40. The number of hydrogen-bond donors (Lipinski definition) is 2. The van der Waals surface area contributed by atoms with Gasteiger partial charge in [0, 0.05) is 6.04 Å². The summed E-state index contributed by atoms with van der Waals surface area (Å²) in [6.07, 6.45) is 1.67. The van der Waals surface area contributed by atoms with Crippen molar-refractivity contribution in [3.63, 3.8) is 0 Å². The van der Waals surface area contributed by atoms with Crippen molar-refractivity contribution in [3.8, 4) is 11.8 Å². The highest BCUT2D eigenvalue weighted by Gasteiger charge is 2.28. The van der Waals surface area contributed by atoms with E-state index in [-0.39, 0.29) is 23.0 Å². The minimum Gasteiger partial charge on any atom is -0.320 e. The van der Waals surface area contributed by atoms with Gasteiger partial charge in [0.2, 0.25) is 10.0 Å². The smallest absolute Gasteiger partial charge is 0.240 e. The van der Waals surface area contributed by atoms with Crippen molar-refractivity contribution in [1.82, 2.24) is 4.72 Å². The first-order chi connectivity index (χ1) is 8.53. The maximum absolute atomic E-state index is 13.6. The Kier molecular flexibility index (Phi) is 3.66. The van der Waals surface area contributed by atoms with Gasteiger partial charge in [-0.3, -0.25) is 0 Å². The Balaban J connectivity index is 2.27. The highest BCUT2D eigenvalue weighted by molar-refractivity contribution is 7.89. The van der Waals surface area contributed by atoms with Crippen molar-refractivity contribution in [1.29, 1.82) is 0 Å². The van der Waals surface area contributed by atoms with Crippen LogP contribution in [-0.2, 0) is 10.0 Å². The number of halogens is 1. The molecule has 4 nitrogen and oxygen atoms in total. The molecule has 3 N–H and O–H groups in total. The first-order valence-electron chi connectivity index (χ1n) is 5.54. The SMILES string of the molecule is NCC#Cc1ccc(S(=O)(=O)NC2CC2)cc1F. The van der Waals surface area contributed by atoms with E-state index in [9.17, 15) is 12.8 Å². The molecule has 0 bridgehead atoms. The predicted molar refractivity (Wildman–Crippen MR) is 65.7 cm³/mol. The number of benzene rings is 1. The lowest BCUT2D eigenvalue weighted by Crippen LogP contribution is -2.25. The lowest BCUT2D eigenvalue weighted by molar-refractivity contribution is 0.577. The summed E-state index contributed by atoms with van der Waals surface area (Å²) < 4.78 is 39.8. The van der Waals surface area contributed by atoms with Crippen LogP contribution in [0.15, 0.2) is 23.1 Å². The summed E-state index contributed by atoms with van der Waals surface area (Å²) in [5.74, 6) is 4.40. The average molecular weight is 268 g/mol. The van der Waals surface area contributed by atoms with Gasteiger partial charge < -0.3 is 5.73 Å². The van der Waals surface area contributed by atoms with Crippen molar-refractivity contribution in [2.75, 3.05) is 6.54 Å². The van der Waals surface area contributed by atoms with E-state index in [0.717, 1.165) is 18.9 Å². The fraction of sp³-hybridized carbons (Fsp3) is 0.333.